The van der Waals surface area contributed by atoms with Crippen molar-refractivity contribution in [2.45, 2.75) is 0 Å². The first kappa shape index (κ1) is 9.94. The maximum Gasteiger partial charge on any atom is 0.0553 e. The van der Waals surface area contributed by atoms with Crippen LogP contribution in [-0.4, -0.2) is 18.3 Å². The second kappa shape index (κ2) is 7.05. The highest BCUT2D eigenvalue weighted by atomic mass is 16.3. The molecule has 0 saturated heterocycles. The number of hydrogen-bond acceptors (Lipinski definition) is 3. The number of aliphatic hydroxyl groups excluding tert-OH is 1. The summed E-state index contributed by atoms with van der Waals surface area (Å²) in [6.07, 6.45) is 0. The summed E-state index contributed by atoms with van der Waals surface area (Å²) in [6, 6.07) is 9.49. The molecule has 11 heavy (non-hydrogen) atoms. The van der Waals surface area contributed by atoms with Gasteiger partial charge in [-0.2, -0.15) is 0 Å². The molecular formula is C8H14N2O. The third kappa shape index (κ3) is 6.83. The highest BCUT2D eigenvalue weighted by molar-refractivity contribution is 5.35. The van der Waals surface area contributed by atoms with Crippen molar-refractivity contribution in [1.82, 2.24) is 0 Å². The summed E-state index contributed by atoms with van der Waals surface area (Å²) in [7, 11) is 0. The molecule has 0 aliphatic heterocycles. The molecular weight excluding hydrogens is 140 g/mol. The minimum absolute atomic E-state index is 0.0972. The van der Waals surface area contributed by atoms with Gasteiger partial charge in [0, 0.05) is 12.2 Å². The first-order valence-corrected chi connectivity index (χ1v) is 3.42. The van der Waals surface area contributed by atoms with Crippen LogP contribution in [-0.2, 0) is 0 Å². The van der Waals surface area contributed by atoms with Crippen LogP contribution in [0.1, 0.15) is 0 Å². The number of rotatable bonds is 1. The molecule has 0 unspecified atom stereocenters. The number of benzene rings is 1. The Bertz CT molecular complexity index is 163. The van der Waals surface area contributed by atoms with Gasteiger partial charge in [-0.05, 0) is 12.1 Å². The number of aliphatic hydroxyl groups is 1. The summed E-state index contributed by atoms with van der Waals surface area (Å²) >= 11 is 0. The van der Waals surface area contributed by atoms with Crippen LogP contribution < -0.4 is 11.5 Å². The van der Waals surface area contributed by atoms with E-state index in [4.69, 9.17) is 16.6 Å². The van der Waals surface area contributed by atoms with Crippen LogP contribution in [0.5, 0.6) is 0 Å². The van der Waals surface area contributed by atoms with Crippen molar-refractivity contribution >= 4 is 5.69 Å². The van der Waals surface area contributed by atoms with Gasteiger partial charge in [-0.25, -0.2) is 0 Å². The van der Waals surface area contributed by atoms with E-state index >= 15 is 0 Å². The van der Waals surface area contributed by atoms with Crippen LogP contribution in [0, 0.1) is 0 Å². The van der Waals surface area contributed by atoms with Gasteiger partial charge in [-0.3, -0.25) is 0 Å². The van der Waals surface area contributed by atoms with E-state index in [-0.39, 0.29) is 6.61 Å². The molecule has 0 radical (unpaired) electrons. The molecule has 1 rings (SSSR count). The molecule has 0 amide bonds. The van der Waals surface area contributed by atoms with E-state index in [0.717, 1.165) is 5.69 Å². The second-order valence-electron chi connectivity index (χ2n) is 1.92. The molecule has 0 bridgehead atoms. The zero-order valence-electron chi connectivity index (χ0n) is 6.40. The first-order valence-electron chi connectivity index (χ1n) is 3.42. The Morgan fingerprint density at radius 3 is 1.82 bits per heavy atom. The van der Waals surface area contributed by atoms with Crippen molar-refractivity contribution in [1.29, 1.82) is 0 Å². The third-order valence-corrected chi connectivity index (χ3v) is 0.929. The Morgan fingerprint density at radius 1 is 1.18 bits per heavy atom. The molecule has 62 valence electrons. The molecule has 0 saturated carbocycles. The van der Waals surface area contributed by atoms with Gasteiger partial charge in [0.1, 0.15) is 0 Å². The Kier molecular flexibility index (Phi) is 6.37. The average Bonchev–Trinajstić information content (AvgIpc) is 2.07. The molecule has 3 heteroatoms. The summed E-state index contributed by atoms with van der Waals surface area (Å²) < 4.78 is 0. The van der Waals surface area contributed by atoms with Crippen molar-refractivity contribution in [3.63, 3.8) is 0 Å². The van der Waals surface area contributed by atoms with Crippen LogP contribution in [0.2, 0.25) is 0 Å². The normalized spacial score (nSPS) is 8.18. The zero-order valence-corrected chi connectivity index (χ0v) is 6.40. The lowest BCUT2D eigenvalue weighted by Crippen LogP contribution is -2.02. The van der Waals surface area contributed by atoms with Gasteiger partial charge < -0.3 is 16.6 Å². The van der Waals surface area contributed by atoms with Gasteiger partial charge in [0.15, 0.2) is 0 Å². The average molecular weight is 154 g/mol. The van der Waals surface area contributed by atoms with E-state index in [9.17, 15) is 0 Å². The Labute approximate surface area is 66.6 Å². The molecule has 1 aromatic rings. The zero-order chi connectivity index (χ0) is 8.53. The molecule has 0 aromatic heterocycles. The predicted molar refractivity (Wildman–Crippen MR) is 47.0 cm³/mol. The lowest BCUT2D eigenvalue weighted by Gasteiger charge is -1.83. The topological polar surface area (TPSA) is 72.3 Å². The van der Waals surface area contributed by atoms with Gasteiger partial charge >= 0.3 is 0 Å². The van der Waals surface area contributed by atoms with E-state index in [1.807, 2.05) is 30.3 Å². The van der Waals surface area contributed by atoms with Gasteiger partial charge in [0.05, 0.1) is 6.61 Å². The van der Waals surface area contributed by atoms with Crippen molar-refractivity contribution < 1.29 is 5.11 Å². The molecule has 0 spiro atoms. The van der Waals surface area contributed by atoms with Crippen molar-refractivity contribution in [2.75, 3.05) is 18.9 Å². The fourth-order valence-corrected chi connectivity index (χ4v) is 0.453. The van der Waals surface area contributed by atoms with Crippen LogP contribution >= 0.6 is 0 Å². The van der Waals surface area contributed by atoms with E-state index in [2.05, 4.69) is 0 Å². The molecule has 1 aromatic carbocycles. The predicted octanol–water partition coefficient (Wildman–Crippen LogP) is 0.206. The Hall–Kier alpha value is -1.06. The van der Waals surface area contributed by atoms with Crippen LogP contribution in [0.25, 0.3) is 0 Å². The van der Waals surface area contributed by atoms with Crippen LogP contribution in [0.15, 0.2) is 30.3 Å². The molecule has 0 heterocycles. The minimum atomic E-state index is 0.0972. The van der Waals surface area contributed by atoms with E-state index in [1.165, 1.54) is 0 Å². The highest BCUT2D eigenvalue weighted by Gasteiger charge is 1.72. The number of nitrogens with two attached hydrogens (primary N) is 2. The summed E-state index contributed by atoms with van der Waals surface area (Å²) in [5.74, 6) is 0. The Morgan fingerprint density at radius 2 is 1.64 bits per heavy atom. The maximum absolute atomic E-state index is 7.75. The summed E-state index contributed by atoms with van der Waals surface area (Å²) in [5, 5.41) is 7.75. The largest absolute Gasteiger partial charge is 0.399 e. The SMILES string of the molecule is NCCO.Nc1ccccc1. The van der Waals surface area contributed by atoms with Crippen LogP contribution in [0.4, 0.5) is 5.69 Å². The molecule has 3 nitrogen and oxygen atoms in total. The molecule has 0 aliphatic rings. The fraction of sp³-hybridized carbons (Fsp3) is 0.250. The summed E-state index contributed by atoms with van der Waals surface area (Å²) in [6.45, 7) is 0.472. The number of nitrogen functional groups attached to an aromatic ring is 1. The fourth-order valence-electron chi connectivity index (χ4n) is 0.453. The van der Waals surface area contributed by atoms with E-state index < -0.39 is 0 Å². The minimum Gasteiger partial charge on any atom is -0.399 e. The van der Waals surface area contributed by atoms with E-state index in [0.29, 0.717) is 6.54 Å². The van der Waals surface area contributed by atoms with E-state index in [1.54, 1.807) is 0 Å². The number of hydrogen-bond donors (Lipinski definition) is 3. The lowest BCUT2D eigenvalue weighted by atomic mass is 10.3. The van der Waals surface area contributed by atoms with Crippen LogP contribution in [0.3, 0.4) is 0 Å². The summed E-state index contributed by atoms with van der Waals surface area (Å²) in [5.41, 5.74) is 11.0. The van der Waals surface area contributed by atoms with Gasteiger partial charge in [0.25, 0.3) is 0 Å². The highest BCUT2D eigenvalue weighted by Crippen LogP contribution is 1.95. The summed E-state index contributed by atoms with van der Waals surface area (Å²) in [4.78, 5) is 0. The first-order chi connectivity index (χ1) is 5.31. The van der Waals surface area contributed by atoms with Gasteiger partial charge in [-0.1, -0.05) is 18.2 Å². The third-order valence-electron chi connectivity index (χ3n) is 0.929. The number of para-hydroxylation sites is 1. The lowest BCUT2D eigenvalue weighted by molar-refractivity contribution is 0.306. The van der Waals surface area contributed by atoms with Gasteiger partial charge in [0.2, 0.25) is 0 Å². The molecule has 0 fully saturated rings. The molecule has 0 aliphatic carbocycles. The Balaban J connectivity index is 0.000000218. The standard InChI is InChI=1S/C6H7N.C2H7NO/c7-6-4-2-1-3-5-6;3-1-2-4/h1-5H,7H2;4H,1-3H2. The maximum atomic E-state index is 7.75. The molecule has 0 atom stereocenters. The smallest absolute Gasteiger partial charge is 0.0553 e. The quantitative estimate of drug-likeness (QED) is 0.506. The second-order valence-corrected chi connectivity index (χ2v) is 1.92. The van der Waals surface area contributed by atoms with Crippen molar-refractivity contribution in [2.24, 2.45) is 5.73 Å². The number of anilines is 1. The van der Waals surface area contributed by atoms with Gasteiger partial charge in [-0.15, -0.1) is 0 Å². The van der Waals surface area contributed by atoms with Crippen molar-refractivity contribution in [3.05, 3.63) is 30.3 Å². The van der Waals surface area contributed by atoms with Crippen molar-refractivity contribution in [3.8, 4) is 0 Å². The monoisotopic (exact) mass is 154 g/mol. The molecule has 5 N–H and O–H groups in total.